The van der Waals surface area contributed by atoms with E-state index in [9.17, 15) is 14.7 Å². The third kappa shape index (κ3) is 2.65. The molecule has 0 amide bonds. The number of ketones is 2. The molecule has 0 heterocycles. The molecule has 1 N–H and O–H groups in total. The molecule has 0 radical (unpaired) electrons. The number of phenols is 1. The van der Waals surface area contributed by atoms with Crippen LogP contribution in [0.4, 0.5) is 0 Å². The van der Waals surface area contributed by atoms with Gasteiger partial charge in [-0.1, -0.05) is 6.07 Å². The Bertz CT molecular complexity index is 396. The van der Waals surface area contributed by atoms with Crippen molar-refractivity contribution in [3.8, 4) is 5.75 Å². The van der Waals surface area contributed by atoms with Crippen molar-refractivity contribution in [3.63, 3.8) is 0 Å². The summed E-state index contributed by atoms with van der Waals surface area (Å²) in [4.78, 5) is 22.4. The van der Waals surface area contributed by atoms with Gasteiger partial charge in [-0.2, -0.15) is 0 Å². The molecule has 0 saturated carbocycles. The van der Waals surface area contributed by atoms with Crippen LogP contribution in [0.5, 0.6) is 5.75 Å². The van der Waals surface area contributed by atoms with Crippen molar-refractivity contribution in [3.05, 3.63) is 28.8 Å². The van der Waals surface area contributed by atoms with E-state index in [0.29, 0.717) is 5.56 Å². The quantitative estimate of drug-likeness (QED) is 0.609. The highest BCUT2D eigenvalue weighted by atomic mass is 16.3. The Labute approximate surface area is 88.7 Å². The molecule has 3 nitrogen and oxygen atoms in total. The average molecular weight is 206 g/mol. The van der Waals surface area contributed by atoms with Crippen LogP contribution in [0.1, 0.15) is 34.8 Å². The van der Waals surface area contributed by atoms with Gasteiger partial charge in [-0.05, 0) is 38.0 Å². The molecule has 0 atom stereocenters. The van der Waals surface area contributed by atoms with Crippen molar-refractivity contribution < 1.29 is 14.7 Å². The maximum Gasteiger partial charge on any atom is 0.174 e. The molecule has 0 spiro atoms. The Hall–Kier alpha value is -1.64. The van der Waals surface area contributed by atoms with Gasteiger partial charge in [0.25, 0.3) is 0 Å². The van der Waals surface area contributed by atoms with Crippen LogP contribution in [0.15, 0.2) is 12.1 Å². The Kier molecular flexibility index (Phi) is 3.24. The van der Waals surface area contributed by atoms with Gasteiger partial charge in [-0.3, -0.25) is 9.59 Å². The highest BCUT2D eigenvalue weighted by Gasteiger charge is 2.15. The second kappa shape index (κ2) is 4.26. The molecule has 1 aromatic carbocycles. The van der Waals surface area contributed by atoms with E-state index in [-0.39, 0.29) is 29.3 Å². The van der Waals surface area contributed by atoms with E-state index in [1.165, 1.54) is 13.0 Å². The normalized spacial score (nSPS) is 10.1. The number of aryl methyl sites for hydroxylation is 2. The van der Waals surface area contributed by atoms with Gasteiger partial charge in [0.1, 0.15) is 11.5 Å². The highest BCUT2D eigenvalue weighted by Crippen LogP contribution is 2.24. The SMILES string of the molecule is CC(=O)CC(=O)c1c(C)cc(C)cc1O. The molecule has 0 aliphatic heterocycles. The first-order chi connectivity index (χ1) is 6.91. The molecule has 0 fully saturated rings. The molecule has 0 aromatic heterocycles. The minimum absolute atomic E-state index is 0.0428. The number of hydrogen-bond donors (Lipinski definition) is 1. The summed E-state index contributed by atoms with van der Waals surface area (Å²) in [5.41, 5.74) is 1.86. The highest BCUT2D eigenvalue weighted by molar-refractivity contribution is 6.09. The zero-order chi connectivity index (χ0) is 11.6. The summed E-state index contributed by atoms with van der Waals surface area (Å²) < 4.78 is 0. The molecule has 15 heavy (non-hydrogen) atoms. The summed E-state index contributed by atoms with van der Waals surface area (Å²) in [6.45, 7) is 4.95. The molecule has 1 aromatic rings. The van der Waals surface area contributed by atoms with Crippen LogP contribution in [-0.2, 0) is 4.79 Å². The van der Waals surface area contributed by atoms with Gasteiger partial charge in [0.15, 0.2) is 5.78 Å². The Morgan fingerprint density at radius 1 is 1.27 bits per heavy atom. The first kappa shape index (κ1) is 11.4. The number of carbonyl (C=O) groups is 2. The van der Waals surface area contributed by atoms with Gasteiger partial charge in [0.2, 0.25) is 0 Å². The monoisotopic (exact) mass is 206 g/mol. The summed E-state index contributed by atoms with van der Waals surface area (Å²) in [7, 11) is 0. The minimum Gasteiger partial charge on any atom is -0.507 e. The molecule has 80 valence electrons. The van der Waals surface area contributed by atoms with Crippen molar-refractivity contribution in [1.82, 2.24) is 0 Å². The lowest BCUT2D eigenvalue weighted by Gasteiger charge is -2.07. The fraction of sp³-hybridized carbons (Fsp3) is 0.333. The molecule has 1 rings (SSSR count). The number of Topliss-reactive ketones (excluding diaryl/α,β-unsaturated/α-hetero) is 2. The topological polar surface area (TPSA) is 54.4 Å². The van der Waals surface area contributed by atoms with Gasteiger partial charge < -0.3 is 5.11 Å². The predicted molar refractivity (Wildman–Crippen MR) is 57.2 cm³/mol. The third-order valence-electron chi connectivity index (χ3n) is 2.15. The summed E-state index contributed by atoms with van der Waals surface area (Å²) >= 11 is 0. The number of hydrogen-bond acceptors (Lipinski definition) is 3. The summed E-state index contributed by atoms with van der Waals surface area (Å²) in [6, 6.07) is 3.34. The van der Waals surface area contributed by atoms with Crippen molar-refractivity contribution >= 4 is 11.6 Å². The Morgan fingerprint density at radius 3 is 2.33 bits per heavy atom. The van der Waals surface area contributed by atoms with Crippen LogP contribution in [0.25, 0.3) is 0 Å². The number of rotatable bonds is 3. The van der Waals surface area contributed by atoms with Crippen LogP contribution in [0.2, 0.25) is 0 Å². The van der Waals surface area contributed by atoms with Gasteiger partial charge in [-0.15, -0.1) is 0 Å². The van der Waals surface area contributed by atoms with Crippen molar-refractivity contribution in [1.29, 1.82) is 0 Å². The van der Waals surface area contributed by atoms with Gasteiger partial charge >= 0.3 is 0 Å². The Balaban J connectivity index is 3.14. The first-order valence-electron chi connectivity index (χ1n) is 4.74. The minimum atomic E-state index is -0.322. The number of aromatic hydroxyl groups is 1. The van der Waals surface area contributed by atoms with Crippen LogP contribution < -0.4 is 0 Å². The lowest BCUT2D eigenvalue weighted by molar-refractivity contribution is -0.116. The van der Waals surface area contributed by atoms with E-state index >= 15 is 0 Å². The summed E-state index contributed by atoms with van der Waals surface area (Å²) in [5.74, 6) is -0.560. The molecule has 0 bridgehead atoms. The lowest BCUT2D eigenvalue weighted by Crippen LogP contribution is -2.07. The average Bonchev–Trinajstić information content (AvgIpc) is 1.99. The largest absolute Gasteiger partial charge is 0.507 e. The predicted octanol–water partition coefficient (Wildman–Crippen LogP) is 2.17. The van der Waals surface area contributed by atoms with Crippen molar-refractivity contribution in [2.24, 2.45) is 0 Å². The first-order valence-corrected chi connectivity index (χ1v) is 4.74. The summed E-state index contributed by atoms with van der Waals surface area (Å²) in [6.07, 6.45) is -0.155. The van der Waals surface area contributed by atoms with Crippen LogP contribution in [0, 0.1) is 13.8 Å². The van der Waals surface area contributed by atoms with E-state index < -0.39 is 0 Å². The molecule has 0 unspecified atom stereocenters. The van der Waals surface area contributed by atoms with Crippen LogP contribution in [-0.4, -0.2) is 16.7 Å². The maximum absolute atomic E-state index is 11.6. The molecular formula is C12H14O3. The molecule has 3 heteroatoms. The zero-order valence-corrected chi connectivity index (χ0v) is 9.13. The second-order valence-corrected chi connectivity index (χ2v) is 3.78. The molecule has 0 aliphatic carbocycles. The van der Waals surface area contributed by atoms with Crippen LogP contribution in [0.3, 0.4) is 0 Å². The van der Waals surface area contributed by atoms with E-state index in [1.807, 2.05) is 13.0 Å². The fourth-order valence-corrected chi connectivity index (χ4v) is 1.62. The van der Waals surface area contributed by atoms with Gasteiger partial charge in [0.05, 0.1) is 12.0 Å². The van der Waals surface area contributed by atoms with Crippen LogP contribution >= 0.6 is 0 Å². The van der Waals surface area contributed by atoms with Crippen molar-refractivity contribution in [2.75, 3.05) is 0 Å². The maximum atomic E-state index is 11.6. The van der Waals surface area contributed by atoms with E-state index in [1.54, 1.807) is 6.92 Å². The third-order valence-corrected chi connectivity index (χ3v) is 2.15. The van der Waals surface area contributed by atoms with Gasteiger partial charge in [0, 0.05) is 0 Å². The van der Waals surface area contributed by atoms with E-state index in [4.69, 9.17) is 0 Å². The van der Waals surface area contributed by atoms with E-state index in [0.717, 1.165) is 5.56 Å². The standard InChI is InChI=1S/C12H14O3/c1-7-4-8(2)12(10(14)5-7)11(15)6-9(3)13/h4-5,14H,6H2,1-3H3. The zero-order valence-electron chi connectivity index (χ0n) is 9.13. The molecule has 0 saturated heterocycles. The lowest BCUT2D eigenvalue weighted by atomic mass is 9.98. The fourth-order valence-electron chi connectivity index (χ4n) is 1.62. The number of carbonyl (C=O) groups excluding carboxylic acids is 2. The second-order valence-electron chi connectivity index (χ2n) is 3.78. The molecular weight excluding hydrogens is 192 g/mol. The summed E-state index contributed by atoms with van der Waals surface area (Å²) in [5, 5.41) is 9.62. The smallest absolute Gasteiger partial charge is 0.174 e. The Morgan fingerprint density at radius 2 is 1.87 bits per heavy atom. The number of benzene rings is 1. The van der Waals surface area contributed by atoms with Gasteiger partial charge in [-0.25, -0.2) is 0 Å². The van der Waals surface area contributed by atoms with Crippen molar-refractivity contribution in [2.45, 2.75) is 27.2 Å². The molecule has 0 aliphatic rings. The van der Waals surface area contributed by atoms with E-state index in [2.05, 4.69) is 0 Å². The number of phenolic OH excluding ortho intramolecular Hbond substituents is 1.